The number of carbonyl (C=O) groups excluding carboxylic acids is 1. The molecule has 2 aromatic rings. The maximum Gasteiger partial charge on any atom is 0.228 e. The lowest BCUT2D eigenvalue weighted by Crippen LogP contribution is -2.45. The minimum absolute atomic E-state index is 0.0149. The number of likely N-dealkylation sites (tertiary alicyclic amines) is 1. The van der Waals surface area contributed by atoms with Gasteiger partial charge in [-0.3, -0.25) is 20.6 Å². The molecule has 0 spiro atoms. The van der Waals surface area contributed by atoms with Crippen LogP contribution in [0.2, 0.25) is 0 Å². The van der Waals surface area contributed by atoms with Crippen molar-refractivity contribution in [3.8, 4) is 5.75 Å². The summed E-state index contributed by atoms with van der Waals surface area (Å²) in [5.74, 6) is 1.44. The van der Waals surface area contributed by atoms with Crippen LogP contribution >= 0.6 is 0 Å². The van der Waals surface area contributed by atoms with Crippen LogP contribution in [0.25, 0.3) is 0 Å². The minimum Gasteiger partial charge on any atom is -0.497 e. The van der Waals surface area contributed by atoms with Crippen LogP contribution in [0, 0.1) is 5.92 Å². The lowest BCUT2D eigenvalue weighted by atomic mass is 9.92. The van der Waals surface area contributed by atoms with Crippen molar-refractivity contribution in [3.63, 3.8) is 0 Å². The Morgan fingerprint density at radius 1 is 1.28 bits per heavy atom. The zero-order valence-corrected chi connectivity index (χ0v) is 17.2. The first-order chi connectivity index (χ1) is 14.1. The maximum absolute atomic E-state index is 13.0. The largest absolute Gasteiger partial charge is 0.497 e. The van der Waals surface area contributed by atoms with Crippen LogP contribution < -0.4 is 15.6 Å². The second kappa shape index (κ2) is 8.93. The summed E-state index contributed by atoms with van der Waals surface area (Å²) in [5.41, 5.74) is 9.59. The average Bonchev–Trinajstić information content (AvgIpc) is 3.19. The Morgan fingerprint density at radius 3 is 2.93 bits per heavy atom. The van der Waals surface area contributed by atoms with Gasteiger partial charge in [-0.05, 0) is 49.6 Å². The normalized spacial score (nSPS) is 24.5. The molecule has 2 N–H and O–H groups in total. The molecular weight excluding hydrogens is 364 g/mol. The van der Waals surface area contributed by atoms with Crippen molar-refractivity contribution >= 4 is 5.91 Å². The number of nitrogens with one attached hydrogen (secondary N) is 2. The molecule has 1 amide bonds. The fraction of sp³-hybridized carbons (Fsp3) is 0.478. The van der Waals surface area contributed by atoms with Crippen molar-refractivity contribution in [1.29, 1.82) is 0 Å². The van der Waals surface area contributed by atoms with Crippen LogP contribution in [0.3, 0.4) is 0 Å². The number of hydrazine groups is 1. The highest BCUT2D eigenvalue weighted by atomic mass is 16.5. The van der Waals surface area contributed by atoms with E-state index in [0.29, 0.717) is 12.5 Å². The number of carbonyl (C=O) groups is 1. The Morgan fingerprint density at radius 2 is 2.14 bits per heavy atom. The zero-order valence-electron chi connectivity index (χ0n) is 17.2. The van der Waals surface area contributed by atoms with E-state index in [1.165, 1.54) is 5.56 Å². The van der Waals surface area contributed by atoms with Gasteiger partial charge >= 0.3 is 0 Å². The molecule has 0 saturated carbocycles. The number of benzene rings is 1. The molecule has 1 aromatic carbocycles. The number of methoxy groups -OCH3 is 1. The summed E-state index contributed by atoms with van der Waals surface area (Å²) in [7, 11) is 1.69. The SMILES string of the molecule is COc1cccc(Cc2cccc(C3CCCN(C(=O)C4CNNC4C)C3)n2)c1. The Bertz CT molecular complexity index is 856. The maximum atomic E-state index is 13.0. The number of amides is 1. The summed E-state index contributed by atoms with van der Waals surface area (Å²) in [5, 5.41) is 0. The van der Waals surface area contributed by atoms with Gasteiger partial charge in [-0.2, -0.15) is 0 Å². The molecule has 0 bridgehead atoms. The molecule has 0 radical (unpaired) electrons. The summed E-state index contributed by atoms with van der Waals surface area (Å²) in [6.45, 7) is 4.38. The molecule has 2 fully saturated rings. The van der Waals surface area contributed by atoms with Crippen LogP contribution in [-0.2, 0) is 11.2 Å². The standard InChI is InChI=1S/C23H30N4O2/c1-16-21(14-24-26-16)23(28)27-11-5-7-18(15-27)22-10-4-8-19(25-22)12-17-6-3-9-20(13-17)29-2/h3-4,6,8-10,13,16,18,21,24,26H,5,7,11-12,14-15H2,1-2H3. The van der Waals surface area contributed by atoms with E-state index in [-0.39, 0.29) is 17.9 Å². The monoisotopic (exact) mass is 394 g/mol. The first-order valence-corrected chi connectivity index (χ1v) is 10.5. The van der Waals surface area contributed by atoms with Crippen molar-refractivity contribution in [3.05, 3.63) is 59.4 Å². The topological polar surface area (TPSA) is 66.5 Å². The van der Waals surface area contributed by atoms with Crippen LogP contribution in [-0.4, -0.2) is 48.6 Å². The summed E-state index contributed by atoms with van der Waals surface area (Å²) in [6.07, 6.45) is 2.88. The zero-order chi connectivity index (χ0) is 20.2. The molecule has 29 heavy (non-hydrogen) atoms. The first-order valence-electron chi connectivity index (χ1n) is 10.5. The Balaban J connectivity index is 1.45. The number of piperidine rings is 1. The number of pyridine rings is 1. The molecule has 6 heteroatoms. The number of nitrogens with zero attached hydrogens (tertiary/aromatic N) is 2. The lowest BCUT2D eigenvalue weighted by Gasteiger charge is -2.34. The van der Waals surface area contributed by atoms with Crippen molar-refractivity contribution in [2.24, 2.45) is 5.92 Å². The van der Waals surface area contributed by atoms with E-state index in [4.69, 9.17) is 9.72 Å². The third-order valence-corrected chi connectivity index (χ3v) is 6.07. The van der Waals surface area contributed by atoms with Crippen molar-refractivity contribution in [2.45, 2.75) is 38.1 Å². The van der Waals surface area contributed by atoms with Crippen LogP contribution in [0.15, 0.2) is 42.5 Å². The molecule has 3 atom stereocenters. The molecule has 3 heterocycles. The van der Waals surface area contributed by atoms with Gasteiger partial charge in [0.15, 0.2) is 0 Å². The van der Waals surface area contributed by atoms with E-state index in [2.05, 4.69) is 48.1 Å². The van der Waals surface area contributed by atoms with E-state index in [1.807, 2.05) is 17.0 Å². The first kappa shape index (κ1) is 19.9. The van der Waals surface area contributed by atoms with Crippen molar-refractivity contribution < 1.29 is 9.53 Å². The summed E-state index contributed by atoms with van der Waals surface area (Å²) < 4.78 is 5.33. The minimum atomic E-state index is 0.0149. The molecule has 1 aromatic heterocycles. The summed E-state index contributed by atoms with van der Waals surface area (Å²) in [4.78, 5) is 20.0. The van der Waals surface area contributed by atoms with Gasteiger partial charge in [-0.25, -0.2) is 0 Å². The highest BCUT2D eigenvalue weighted by Crippen LogP contribution is 2.28. The van der Waals surface area contributed by atoms with Gasteiger partial charge in [0, 0.05) is 49.4 Å². The number of ether oxygens (including phenoxy) is 1. The van der Waals surface area contributed by atoms with E-state index in [0.717, 1.165) is 49.5 Å². The molecule has 2 saturated heterocycles. The van der Waals surface area contributed by atoms with Crippen LogP contribution in [0.4, 0.5) is 0 Å². The predicted molar refractivity (Wildman–Crippen MR) is 113 cm³/mol. The van der Waals surface area contributed by atoms with Gasteiger partial charge in [0.05, 0.1) is 13.0 Å². The lowest BCUT2D eigenvalue weighted by molar-refractivity contribution is -0.136. The predicted octanol–water partition coefficient (Wildman–Crippen LogP) is 2.50. The molecule has 154 valence electrons. The number of rotatable bonds is 5. The molecule has 2 aliphatic rings. The summed E-state index contributed by atoms with van der Waals surface area (Å²) >= 11 is 0. The molecule has 0 aliphatic carbocycles. The van der Waals surface area contributed by atoms with Crippen LogP contribution in [0.1, 0.15) is 42.6 Å². The van der Waals surface area contributed by atoms with E-state index in [1.54, 1.807) is 7.11 Å². The number of hydrogen-bond donors (Lipinski definition) is 2. The number of hydrogen-bond acceptors (Lipinski definition) is 5. The quantitative estimate of drug-likeness (QED) is 0.816. The summed E-state index contributed by atoms with van der Waals surface area (Å²) in [6, 6.07) is 14.6. The van der Waals surface area contributed by atoms with E-state index in [9.17, 15) is 4.79 Å². The molecule has 4 rings (SSSR count). The second-order valence-corrected chi connectivity index (χ2v) is 8.13. The van der Waals surface area contributed by atoms with E-state index < -0.39 is 0 Å². The van der Waals surface area contributed by atoms with Crippen LogP contribution in [0.5, 0.6) is 5.75 Å². The van der Waals surface area contributed by atoms with Gasteiger partial charge < -0.3 is 9.64 Å². The van der Waals surface area contributed by atoms with Gasteiger partial charge in [0.2, 0.25) is 5.91 Å². The Hall–Kier alpha value is -2.44. The average molecular weight is 395 g/mol. The molecular formula is C23H30N4O2. The Kier molecular flexibility index (Phi) is 6.11. The van der Waals surface area contributed by atoms with Gasteiger partial charge in [0.1, 0.15) is 5.75 Å². The number of aromatic nitrogens is 1. The third-order valence-electron chi connectivity index (χ3n) is 6.07. The fourth-order valence-corrected chi connectivity index (χ4v) is 4.38. The van der Waals surface area contributed by atoms with E-state index >= 15 is 0 Å². The van der Waals surface area contributed by atoms with Gasteiger partial charge in [0.25, 0.3) is 0 Å². The third kappa shape index (κ3) is 4.60. The fourth-order valence-electron chi connectivity index (χ4n) is 4.38. The highest BCUT2D eigenvalue weighted by Gasteiger charge is 2.35. The highest BCUT2D eigenvalue weighted by molar-refractivity contribution is 5.80. The second-order valence-electron chi connectivity index (χ2n) is 8.13. The Labute approximate surface area is 172 Å². The van der Waals surface area contributed by atoms with Gasteiger partial charge in [-0.1, -0.05) is 18.2 Å². The molecule has 3 unspecified atom stereocenters. The van der Waals surface area contributed by atoms with Crippen molar-refractivity contribution in [1.82, 2.24) is 20.7 Å². The van der Waals surface area contributed by atoms with Crippen molar-refractivity contribution in [2.75, 3.05) is 26.7 Å². The molecule has 2 aliphatic heterocycles. The smallest absolute Gasteiger partial charge is 0.228 e. The van der Waals surface area contributed by atoms with Gasteiger partial charge in [-0.15, -0.1) is 0 Å². The molecule has 6 nitrogen and oxygen atoms in total.